The lowest BCUT2D eigenvalue weighted by atomic mass is 9.84. The minimum absolute atomic E-state index is 0.000798. The Labute approximate surface area is 374 Å². The van der Waals surface area contributed by atoms with Gasteiger partial charge in [0.15, 0.2) is 0 Å². The molecule has 64 heavy (non-hydrogen) atoms. The zero-order valence-corrected chi connectivity index (χ0v) is 38.0. The van der Waals surface area contributed by atoms with Gasteiger partial charge in [-0.1, -0.05) is 39.8 Å². The van der Waals surface area contributed by atoms with Gasteiger partial charge in [-0.15, -0.1) is 0 Å². The molecule has 2 aromatic heterocycles. The summed E-state index contributed by atoms with van der Waals surface area (Å²) in [7, 11) is 3.24. The van der Waals surface area contributed by atoms with E-state index < -0.39 is 41.3 Å². The Morgan fingerprint density at radius 1 is 1.11 bits per heavy atom. The first-order valence-corrected chi connectivity index (χ1v) is 22.3. The van der Waals surface area contributed by atoms with Crippen LogP contribution in [0.3, 0.4) is 0 Å². The first-order valence-electron chi connectivity index (χ1n) is 22.3. The third-order valence-electron chi connectivity index (χ3n) is 12.2. The van der Waals surface area contributed by atoms with Crippen molar-refractivity contribution in [2.45, 2.75) is 98.0 Å². The number of fused-ring (bicyclic) bond motifs is 6. The quantitative estimate of drug-likeness (QED) is 0.153. The van der Waals surface area contributed by atoms with E-state index in [4.69, 9.17) is 19.2 Å². The van der Waals surface area contributed by atoms with Crippen LogP contribution < -0.4 is 16.1 Å². The van der Waals surface area contributed by atoms with Crippen LogP contribution >= 0.6 is 0 Å². The lowest BCUT2D eigenvalue weighted by Gasteiger charge is -2.36. The fourth-order valence-electron chi connectivity index (χ4n) is 9.15. The molecule has 16 nitrogen and oxygen atoms in total. The number of pyridine rings is 1. The number of methoxy groups -OCH3 is 1. The lowest BCUT2D eigenvalue weighted by Crippen LogP contribution is -2.62. The molecule has 3 aliphatic rings. The van der Waals surface area contributed by atoms with Crippen molar-refractivity contribution < 1.29 is 38.5 Å². The van der Waals surface area contributed by atoms with Gasteiger partial charge < -0.3 is 39.4 Å². The highest BCUT2D eigenvalue weighted by molar-refractivity contribution is 5.96. The lowest BCUT2D eigenvalue weighted by molar-refractivity contribution is -0.155. The number of aryl methyl sites for hydroxylation is 1. The number of phenols is 1. The third-order valence-corrected chi connectivity index (χ3v) is 12.2. The number of hydrazine groups is 1. The largest absolute Gasteiger partial charge is 0.508 e. The number of ether oxygens (including phenoxy) is 3. The Morgan fingerprint density at radius 2 is 1.92 bits per heavy atom. The molecule has 0 aliphatic carbocycles. The number of amides is 3. The molecule has 7 rings (SSSR count). The SMILES string of the molecule is CCn1c(-c2cccnc2COC)c2c3cc(ccc31)-c1cc(O)cc(c1)C[C@H](NC(=O)[C@H](C(C)C)N(C)C(=O)CCNC1=NCCO1)C(=O)N1CCC[C@H](N1)C(=O)OCC(C)(C)C2. The van der Waals surface area contributed by atoms with Crippen molar-refractivity contribution in [3.05, 3.63) is 71.5 Å². The minimum Gasteiger partial charge on any atom is -0.508 e. The number of benzene rings is 2. The van der Waals surface area contributed by atoms with E-state index in [0.29, 0.717) is 63.7 Å². The molecule has 3 atom stereocenters. The second-order valence-electron chi connectivity index (χ2n) is 18.1. The van der Waals surface area contributed by atoms with Crippen molar-refractivity contribution in [1.29, 1.82) is 0 Å². The van der Waals surface area contributed by atoms with E-state index in [1.54, 1.807) is 32.5 Å². The van der Waals surface area contributed by atoms with Crippen molar-refractivity contribution in [3.8, 4) is 28.1 Å². The summed E-state index contributed by atoms with van der Waals surface area (Å²) in [5, 5.41) is 19.7. The first kappa shape index (κ1) is 46.0. The highest BCUT2D eigenvalue weighted by Gasteiger charge is 2.38. The zero-order valence-electron chi connectivity index (χ0n) is 38.0. The normalized spacial score (nSPS) is 19.4. The summed E-state index contributed by atoms with van der Waals surface area (Å²) < 4.78 is 19.4. The molecule has 6 bridgehead atoms. The fraction of sp³-hybridized carbons (Fsp3) is 0.500. The van der Waals surface area contributed by atoms with Crippen LogP contribution in [0, 0.1) is 11.3 Å². The van der Waals surface area contributed by atoms with Gasteiger partial charge in [-0.05, 0) is 90.8 Å². The number of likely N-dealkylation sites (N-methyl/N-ethyl adjacent to an activating group) is 1. The number of cyclic esters (lactones) is 1. The molecular formula is C48H62N8O8. The molecule has 2 aromatic carbocycles. The van der Waals surface area contributed by atoms with Crippen molar-refractivity contribution in [2.24, 2.45) is 16.3 Å². The van der Waals surface area contributed by atoms with Gasteiger partial charge in [-0.2, -0.15) is 0 Å². The van der Waals surface area contributed by atoms with Gasteiger partial charge in [0.1, 0.15) is 30.5 Å². The Balaban J connectivity index is 1.28. The van der Waals surface area contributed by atoms with Crippen molar-refractivity contribution >= 4 is 40.6 Å². The predicted molar refractivity (Wildman–Crippen MR) is 243 cm³/mol. The number of aromatic hydroxyl groups is 1. The van der Waals surface area contributed by atoms with Crippen molar-refractivity contribution in [1.82, 2.24) is 35.5 Å². The number of nitrogens with one attached hydrogen (secondary N) is 3. The molecule has 16 heteroatoms. The standard InChI is InChI=1S/C48H62N8O8/c1-8-55-40-14-13-31-25-35(40)36(43(55)34-11-9-16-49-39(34)27-62-7)26-48(4,5)28-64-46(61)37-12-10-19-56(53-37)45(60)38(23-30-21-32(31)24-33(57)22-30)52-44(59)42(29(2)3)54(6)41(58)15-17-50-47-51-18-20-63-47/h9,11,13-14,16,21-22,24-25,29,37-38,42,53,57H,8,10,12,15,17-20,23,26-28H2,1-7H3,(H,50,51)(H,52,59)/t37-,38-,42-/m0/s1. The number of rotatable bonds is 11. The summed E-state index contributed by atoms with van der Waals surface area (Å²) in [5.41, 5.74) is 9.62. The predicted octanol–water partition coefficient (Wildman–Crippen LogP) is 4.74. The molecule has 0 unspecified atom stereocenters. The van der Waals surface area contributed by atoms with Crippen LogP contribution in [0.5, 0.6) is 5.75 Å². The Bertz CT molecular complexity index is 2410. The highest BCUT2D eigenvalue weighted by Crippen LogP contribution is 2.41. The second-order valence-corrected chi connectivity index (χ2v) is 18.1. The average molecular weight is 879 g/mol. The zero-order chi connectivity index (χ0) is 45.7. The smallest absolute Gasteiger partial charge is 0.324 e. The van der Waals surface area contributed by atoms with E-state index in [0.717, 1.165) is 44.5 Å². The van der Waals surface area contributed by atoms with Crippen LogP contribution in [0.25, 0.3) is 33.3 Å². The molecule has 0 spiro atoms. The molecule has 1 fully saturated rings. The maximum atomic E-state index is 14.6. The monoisotopic (exact) mass is 878 g/mol. The summed E-state index contributed by atoms with van der Waals surface area (Å²) in [6, 6.07) is 13.0. The van der Waals surface area contributed by atoms with Gasteiger partial charge in [-0.3, -0.25) is 29.2 Å². The van der Waals surface area contributed by atoms with E-state index >= 15 is 0 Å². The summed E-state index contributed by atoms with van der Waals surface area (Å²) in [4.78, 5) is 66.6. The Hall–Kier alpha value is -6.00. The van der Waals surface area contributed by atoms with Gasteiger partial charge in [0.05, 0.1) is 31.1 Å². The topological polar surface area (TPSA) is 189 Å². The number of aliphatic imine (C=N–C) groups is 1. The molecule has 5 heterocycles. The number of amidine groups is 1. The minimum atomic E-state index is -1.14. The molecule has 3 aliphatic heterocycles. The average Bonchev–Trinajstić information content (AvgIpc) is 3.90. The number of esters is 1. The van der Waals surface area contributed by atoms with Crippen LogP contribution in [-0.2, 0) is 59.4 Å². The van der Waals surface area contributed by atoms with Gasteiger partial charge in [0.2, 0.25) is 11.8 Å². The number of phenolic OH excluding ortho intramolecular Hbond substituents is 1. The molecule has 342 valence electrons. The summed E-state index contributed by atoms with van der Waals surface area (Å²) >= 11 is 0. The number of nitrogens with zero attached hydrogens (tertiary/aromatic N) is 5. The molecule has 1 saturated heterocycles. The highest BCUT2D eigenvalue weighted by atomic mass is 16.5. The molecular weight excluding hydrogens is 817 g/mol. The molecule has 4 N–H and O–H groups in total. The fourth-order valence-corrected chi connectivity index (χ4v) is 9.15. The van der Waals surface area contributed by atoms with E-state index in [1.165, 1.54) is 9.91 Å². The summed E-state index contributed by atoms with van der Waals surface area (Å²) in [6.45, 7) is 12.7. The summed E-state index contributed by atoms with van der Waals surface area (Å²) in [5.74, 6) is -2.02. The number of carbonyl (C=O) groups excluding carboxylic acids is 4. The van der Waals surface area contributed by atoms with E-state index in [9.17, 15) is 24.3 Å². The number of hydrogen-bond donors (Lipinski definition) is 4. The van der Waals surface area contributed by atoms with Crippen molar-refractivity contribution in [2.75, 3.05) is 47.0 Å². The van der Waals surface area contributed by atoms with Crippen LogP contribution in [0.2, 0.25) is 0 Å². The van der Waals surface area contributed by atoms with Crippen LogP contribution in [0.1, 0.15) is 70.7 Å². The van der Waals surface area contributed by atoms with E-state index in [1.807, 2.05) is 32.0 Å². The van der Waals surface area contributed by atoms with Crippen LogP contribution in [0.15, 0.2) is 59.7 Å². The van der Waals surface area contributed by atoms with E-state index in [-0.39, 0.29) is 43.6 Å². The Kier molecular flexibility index (Phi) is 14.2. The number of carbonyl (C=O) groups is 4. The third kappa shape index (κ3) is 10.2. The summed E-state index contributed by atoms with van der Waals surface area (Å²) in [6.07, 6.45) is 3.39. The van der Waals surface area contributed by atoms with Gasteiger partial charge in [0, 0.05) is 74.7 Å². The first-order chi connectivity index (χ1) is 30.7. The Morgan fingerprint density at radius 3 is 2.66 bits per heavy atom. The van der Waals surface area contributed by atoms with Crippen molar-refractivity contribution in [3.63, 3.8) is 0 Å². The number of hydrogen-bond acceptors (Lipinski definition) is 12. The maximum Gasteiger partial charge on any atom is 0.324 e. The van der Waals surface area contributed by atoms with E-state index in [2.05, 4.69) is 64.6 Å². The van der Waals surface area contributed by atoms with Crippen LogP contribution in [-0.4, -0.2) is 119 Å². The molecule has 0 radical (unpaired) electrons. The van der Waals surface area contributed by atoms with Gasteiger partial charge in [-0.25, -0.2) is 10.4 Å². The van der Waals surface area contributed by atoms with Gasteiger partial charge in [0.25, 0.3) is 11.9 Å². The number of aromatic nitrogens is 2. The molecule has 0 saturated carbocycles. The molecule has 3 amide bonds. The maximum absolute atomic E-state index is 14.6. The molecule has 4 aromatic rings. The van der Waals surface area contributed by atoms with Crippen LogP contribution in [0.4, 0.5) is 0 Å². The van der Waals surface area contributed by atoms with Gasteiger partial charge >= 0.3 is 5.97 Å². The second kappa shape index (κ2) is 19.8.